The van der Waals surface area contributed by atoms with Crippen LogP contribution in [0.5, 0.6) is 11.6 Å². The lowest BCUT2D eigenvalue weighted by Crippen LogP contribution is -1.97. The molecule has 0 fully saturated rings. The van der Waals surface area contributed by atoms with Gasteiger partial charge in [0.2, 0.25) is 11.6 Å². The van der Waals surface area contributed by atoms with Crippen molar-refractivity contribution in [2.45, 2.75) is 18.7 Å². The zero-order valence-corrected chi connectivity index (χ0v) is 12.5. The van der Waals surface area contributed by atoms with Gasteiger partial charge in [-0.1, -0.05) is 35.0 Å². The van der Waals surface area contributed by atoms with Crippen molar-refractivity contribution >= 4 is 21.6 Å². The van der Waals surface area contributed by atoms with Gasteiger partial charge in [0.1, 0.15) is 0 Å². The van der Waals surface area contributed by atoms with Crippen LogP contribution in [0.1, 0.15) is 18.1 Å². The summed E-state index contributed by atoms with van der Waals surface area (Å²) in [5.74, 6) is 0.574. The summed E-state index contributed by atoms with van der Waals surface area (Å²) in [7, 11) is 0. The Balaban J connectivity index is 2.40. The van der Waals surface area contributed by atoms with Crippen LogP contribution < -0.4 is 4.74 Å². The van der Waals surface area contributed by atoms with Gasteiger partial charge in [-0.15, -0.1) is 0 Å². The molecule has 1 aromatic carbocycles. The molecule has 0 saturated carbocycles. The Morgan fingerprint density at radius 2 is 2.20 bits per heavy atom. The van der Waals surface area contributed by atoms with Gasteiger partial charge >= 0.3 is 5.69 Å². The maximum atomic E-state index is 11.1. The first-order valence-corrected chi connectivity index (χ1v) is 7.23. The van der Waals surface area contributed by atoms with Gasteiger partial charge in [-0.2, -0.15) is 0 Å². The van der Waals surface area contributed by atoms with Gasteiger partial charge in [-0.05, 0) is 24.1 Å². The fourth-order valence-corrected chi connectivity index (χ4v) is 2.16. The van der Waals surface area contributed by atoms with Crippen molar-refractivity contribution in [1.29, 1.82) is 0 Å². The van der Waals surface area contributed by atoms with E-state index in [1.807, 2.05) is 19.1 Å². The molecule has 0 unspecified atom stereocenters. The highest BCUT2D eigenvalue weighted by Crippen LogP contribution is 2.33. The second-order valence-corrected chi connectivity index (χ2v) is 4.68. The fraction of sp³-hybridized carbons (Fsp3) is 0.214. The van der Waals surface area contributed by atoms with Crippen LogP contribution in [0.15, 0.2) is 36.5 Å². The zero-order valence-electron chi connectivity index (χ0n) is 10.9. The van der Waals surface area contributed by atoms with Crippen molar-refractivity contribution in [3.05, 3.63) is 57.8 Å². The molecular weight excluding hydrogens is 324 g/mol. The van der Waals surface area contributed by atoms with Crippen LogP contribution in [0.4, 0.5) is 5.69 Å². The Morgan fingerprint density at radius 3 is 2.85 bits per heavy atom. The fourth-order valence-electron chi connectivity index (χ4n) is 1.73. The number of nitro groups is 1. The molecule has 0 aliphatic rings. The number of pyridine rings is 1. The number of aryl methyl sites for hydroxylation is 1. The number of alkyl halides is 1. The van der Waals surface area contributed by atoms with Crippen LogP contribution in [-0.2, 0) is 11.8 Å². The molecule has 5 nitrogen and oxygen atoms in total. The minimum absolute atomic E-state index is 0.0458. The van der Waals surface area contributed by atoms with Gasteiger partial charge < -0.3 is 4.74 Å². The lowest BCUT2D eigenvalue weighted by atomic mass is 10.1. The molecule has 104 valence electrons. The Labute approximate surface area is 124 Å². The van der Waals surface area contributed by atoms with Crippen molar-refractivity contribution in [1.82, 2.24) is 4.98 Å². The number of ether oxygens (including phenoxy) is 1. The van der Waals surface area contributed by atoms with Crippen molar-refractivity contribution in [2.75, 3.05) is 0 Å². The van der Waals surface area contributed by atoms with E-state index >= 15 is 0 Å². The van der Waals surface area contributed by atoms with E-state index in [0.717, 1.165) is 17.5 Å². The highest BCUT2D eigenvalue weighted by atomic mass is 79.9. The number of hydrogen-bond acceptors (Lipinski definition) is 4. The highest BCUT2D eigenvalue weighted by Gasteiger charge is 2.17. The molecule has 0 spiro atoms. The van der Waals surface area contributed by atoms with Crippen LogP contribution in [0, 0.1) is 10.1 Å². The summed E-state index contributed by atoms with van der Waals surface area (Å²) in [6.45, 7) is 1.95. The van der Waals surface area contributed by atoms with Crippen molar-refractivity contribution in [3.8, 4) is 11.6 Å². The molecule has 1 aromatic heterocycles. The first-order valence-electron chi connectivity index (χ1n) is 6.10. The first kappa shape index (κ1) is 14.5. The summed E-state index contributed by atoms with van der Waals surface area (Å²) in [6, 6.07) is 8.61. The normalized spacial score (nSPS) is 10.3. The van der Waals surface area contributed by atoms with Gasteiger partial charge in [-0.25, -0.2) is 4.98 Å². The number of halogens is 1. The van der Waals surface area contributed by atoms with E-state index in [9.17, 15) is 10.1 Å². The number of hydrogen-bond donors (Lipinski definition) is 0. The summed E-state index contributed by atoms with van der Waals surface area (Å²) >= 11 is 3.34. The molecule has 20 heavy (non-hydrogen) atoms. The van der Waals surface area contributed by atoms with Gasteiger partial charge in [0.15, 0.2) is 0 Å². The van der Waals surface area contributed by atoms with E-state index in [1.165, 1.54) is 6.07 Å². The zero-order chi connectivity index (χ0) is 14.5. The minimum atomic E-state index is -0.439. The Morgan fingerprint density at radius 1 is 1.40 bits per heavy atom. The molecule has 0 radical (unpaired) electrons. The maximum absolute atomic E-state index is 11.1. The van der Waals surface area contributed by atoms with E-state index in [2.05, 4.69) is 20.9 Å². The summed E-state index contributed by atoms with van der Waals surface area (Å²) in [4.78, 5) is 14.8. The van der Waals surface area contributed by atoms with Crippen LogP contribution in [0.25, 0.3) is 0 Å². The average molecular weight is 337 g/mol. The smallest absolute Gasteiger partial charge is 0.311 e. The third-order valence-corrected chi connectivity index (χ3v) is 3.43. The number of rotatable bonds is 5. The maximum Gasteiger partial charge on any atom is 0.311 e. The Hall–Kier alpha value is -1.95. The second kappa shape index (κ2) is 6.47. The van der Waals surface area contributed by atoms with Gasteiger partial charge in [-0.3, -0.25) is 10.1 Å². The summed E-state index contributed by atoms with van der Waals surface area (Å²) in [5.41, 5.74) is 1.68. The Kier molecular flexibility index (Phi) is 4.68. The highest BCUT2D eigenvalue weighted by molar-refractivity contribution is 9.08. The number of benzene rings is 1. The number of nitro benzene ring substituents is 1. The average Bonchev–Trinajstić information content (AvgIpc) is 2.48. The standard InChI is InChI=1S/C14H13BrN2O3/c1-2-10-5-6-13(12(8-10)17(18)19)20-14-11(9-15)4-3-7-16-14/h3-8H,2,9H2,1H3. The molecule has 0 bridgehead atoms. The predicted octanol–water partition coefficient (Wildman–Crippen LogP) is 4.24. The van der Waals surface area contributed by atoms with Crippen molar-refractivity contribution in [3.63, 3.8) is 0 Å². The minimum Gasteiger partial charge on any atom is -0.431 e. The summed E-state index contributed by atoms with van der Waals surface area (Å²) in [6.07, 6.45) is 2.32. The van der Waals surface area contributed by atoms with Crippen molar-refractivity contribution < 1.29 is 9.66 Å². The second-order valence-electron chi connectivity index (χ2n) is 4.12. The molecule has 0 amide bonds. The lowest BCUT2D eigenvalue weighted by Gasteiger charge is -2.09. The molecule has 0 aliphatic carbocycles. The molecular formula is C14H13BrN2O3. The Bertz CT molecular complexity index is 632. The molecule has 6 heteroatoms. The lowest BCUT2D eigenvalue weighted by molar-refractivity contribution is -0.385. The largest absolute Gasteiger partial charge is 0.431 e. The number of nitrogens with zero attached hydrogens (tertiary/aromatic N) is 2. The first-order chi connectivity index (χ1) is 9.65. The van der Waals surface area contributed by atoms with Crippen LogP contribution in [0.2, 0.25) is 0 Å². The SMILES string of the molecule is CCc1ccc(Oc2ncccc2CBr)c([N+](=O)[O-])c1. The number of aromatic nitrogens is 1. The van der Waals surface area contributed by atoms with E-state index in [-0.39, 0.29) is 11.4 Å². The van der Waals surface area contributed by atoms with E-state index < -0.39 is 4.92 Å². The molecule has 0 saturated heterocycles. The molecule has 0 atom stereocenters. The van der Waals surface area contributed by atoms with Gasteiger partial charge in [0.25, 0.3) is 0 Å². The predicted molar refractivity (Wildman–Crippen MR) is 79.4 cm³/mol. The van der Waals surface area contributed by atoms with Crippen LogP contribution in [-0.4, -0.2) is 9.91 Å². The molecule has 1 heterocycles. The summed E-state index contributed by atoms with van der Waals surface area (Å²) < 4.78 is 5.61. The van der Waals surface area contributed by atoms with E-state index in [1.54, 1.807) is 18.3 Å². The molecule has 0 N–H and O–H groups in total. The quantitative estimate of drug-likeness (QED) is 0.465. The summed E-state index contributed by atoms with van der Waals surface area (Å²) in [5, 5.41) is 11.7. The van der Waals surface area contributed by atoms with Gasteiger partial charge in [0, 0.05) is 23.2 Å². The molecule has 2 aromatic rings. The van der Waals surface area contributed by atoms with Crippen LogP contribution >= 0.6 is 15.9 Å². The van der Waals surface area contributed by atoms with Crippen molar-refractivity contribution in [2.24, 2.45) is 0 Å². The van der Waals surface area contributed by atoms with E-state index in [4.69, 9.17) is 4.74 Å². The molecule has 0 aliphatic heterocycles. The monoisotopic (exact) mass is 336 g/mol. The molecule has 2 rings (SSSR count). The van der Waals surface area contributed by atoms with Crippen LogP contribution in [0.3, 0.4) is 0 Å². The third-order valence-electron chi connectivity index (χ3n) is 2.83. The topological polar surface area (TPSA) is 65.3 Å². The van der Waals surface area contributed by atoms with Gasteiger partial charge in [0.05, 0.1) is 4.92 Å². The van der Waals surface area contributed by atoms with E-state index in [0.29, 0.717) is 11.2 Å². The third kappa shape index (κ3) is 3.14.